The smallest absolute Gasteiger partial charge is 0.208 e. The zero-order valence-corrected chi connectivity index (χ0v) is 10.9. The Morgan fingerprint density at radius 2 is 2.00 bits per heavy atom. The van der Waals surface area contributed by atoms with Crippen LogP contribution in [0.4, 0.5) is 0 Å². The predicted octanol–water partition coefficient (Wildman–Crippen LogP) is 1.73. The van der Waals surface area contributed by atoms with E-state index in [1.54, 1.807) is 0 Å². The van der Waals surface area contributed by atoms with Crippen molar-refractivity contribution in [2.24, 2.45) is 16.8 Å². The molecule has 0 atom stereocenters. The number of hydrogen-bond donors (Lipinski definition) is 2. The highest BCUT2D eigenvalue weighted by atomic mass is 15.4. The summed E-state index contributed by atoms with van der Waals surface area (Å²) in [7, 11) is 2.04. The summed E-state index contributed by atoms with van der Waals surface area (Å²) in [5.41, 5.74) is 2.73. The molecule has 1 fully saturated rings. The van der Waals surface area contributed by atoms with Crippen LogP contribution in [0.25, 0.3) is 0 Å². The van der Waals surface area contributed by atoms with Gasteiger partial charge in [-0.25, -0.2) is 10.8 Å². The van der Waals surface area contributed by atoms with Crippen LogP contribution < -0.4 is 11.3 Å². The molecule has 0 amide bonds. The first-order valence-corrected chi connectivity index (χ1v) is 6.39. The Labute approximate surface area is 99.3 Å². The van der Waals surface area contributed by atoms with E-state index in [2.05, 4.69) is 24.2 Å². The molecule has 0 bridgehead atoms. The number of guanidine groups is 1. The average Bonchev–Trinajstić information content (AvgIpc) is 2.26. The number of nitrogens with zero attached hydrogens (tertiary/aromatic N) is 2. The van der Waals surface area contributed by atoms with Crippen LogP contribution in [0, 0.1) is 5.92 Å². The number of hydrogen-bond acceptors (Lipinski definition) is 2. The number of nitrogens with one attached hydrogen (secondary N) is 1. The van der Waals surface area contributed by atoms with Crippen molar-refractivity contribution in [2.45, 2.75) is 52.0 Å². The van der Waals surface area contributed by atoms with Crippen molar-refractivity contribution < 1.29 is 0 Å². The van der Waals surface area contributed by atoms with Gasteiger partial charge in [0.25, 0.3) is 0 Å². The van der Waals surface area contributed by atoms with E-state index in [-0.39, 0.29) is 0 Å². The normalized spacial score (nSPS) is 18.9. The monoisotopic (exact) mass is 226 g/mol. The lowest BCUT2D eigenvalue weighted by Gasteiger charge is -2.25. The maximum Gasteiger partial charge on any atom is 0.208 e. The minimum Gasteiger partial charge on any atom is -0.345 e. The lowest BCUT2D eigenvalue weighted by Crippen LogP contribution is -2.45. The standard InChI is InChI=1S/C12H26N4/c1-10(2)9-16(3)12(15-13)14-11-7-5-4-6-8-11/h10-11H,4-9,13H2,1-3H3,(H,14,15). The lowest BCUT2D eigenvalue weighted by atomic mass is 9.96. The maximum atomic E-state index is 5.54. The Balaban J connectivity index is 2.53. The molecule has 0 aromatic carbocycles. The van der Waals surface area contributed by atoms with Crippen LogP contribution in [0.3, 0.4) is 0 Å². The van der Waals surface area contributed by atoms with Gasteiger partial charge in [0.05, 0.1) is 6.04 Å². The molecule has 4 heteroatoms. The van der Waals surface area contributed by atoms with Gasteiger partial charge in [0.15, 0.2) is 0 Å². The van der Waals surface area contributed by atoms with Crippen LogP contribution in [0.2, 0.25) is 0 Å². The quantitative estimate of drug-likeness (QED) is 0.333. The molecule has 0 aliphatic heterocycles. The van der Waals surface area contributed by atoms with E-state index in [1.807, 2.05) is 7.05 Å². The van der Waals surface area contributed by atoms with Crippen LogP contribution in [0.15, 0.2) is 4.99 Å². The topological polar surface area (TPSA) is 53.6 Å². The Kier molecular flexibility index (Phi) is 5.60. The number of aliphatic imine (C=N–C) groups is 1. The van der Waals surface area contributed by atoms with Gasteiger partial charge in [-0.05, 0) is 18.8 Å². The second kappa shape index (κ2) is 6.74. The third kappa shape index (κ3) is 4.39. The summed E-state index contributed by atoms with van der Waals surface area (Å²) < 4.78 is 0. The summed E-state index contributed by atoms with van der Waals surface area (Å²) in [4.78, 5) is 6.82. The first kappa shape index (κ1) is 13.3. The van der Waals surface area contributed by atoms with E-state index in [0.29, 0.717) is 12.0 Å². The van der Waals surface area contributed by atoms with Crippen molar-refractivity contribution in [3.8, 4) is 0 Å². The summed E-state index contributed by atoms with van der Waals surface area (Å²) in [6.07, 6.45) is 6.39. The van der Waals surface area contributed by atoms with Gasteiger partial charge in [0.2, 0.25) is 5.96 Å². The van der Waals surface area contributed by atoms with Crippen molar-refractivity contribution in [1.29, 1.82) is 0 Å². The Morgan fingerprint density at radius 1 is 1.38 bits per heavy atom. The molecule has 16 heavy (non-hydrogen) atoms. The van der Waals surface area contributed by atoms with Gasteiger partial charge in [-0.1, -0.05) is 33.1 Å². The molecule has 3 N–H and O–H groups in total. The lowest BCUT2D eigenvalue weighted by molar-refractivity contribution is 0.395. The fraction of sp³-hybridized carbons (Fsp3) is 0.917. The molecular formula is C12H26N4. The van der Waals surface area contributed by atoms with E-state index in [1.165, 1.54) is 32.1 Å². The molecule has 1 rings (SSSR count). The molecule has 0 heterocycles. The van der Waals surface area contributed by atoms with Crippen molar-refractivity contribution >= 4 is 5.96 Å². The summed E-state index contributed by atoms with van der Waals surface area (Å²) in [6, 6.07) is 0.467. The minimum absolute atomic E-state index is 0.467. The second-order valence-corrected chi connectivity index (χ2v) is 5.16. The van der Waals surface area contributed by atoms with Gasteiger partial charge >= 0.3 is 0 Å². The predicted molar refractivity (Wildman–Crippen MR) is 69.1 cm³/mol. The summed E-state index contributed by atoms with van der Waals surface area (Å²) in [6.45, 7) is 5.38. The van der Waals surface area contributed by atoms with Gasteiger partial charge in [-0.15, -0.1) is 0 Å². The molecule has 0 aromatic heterocycles. The van der Waals surface area contributed by atoms with Gasteiger partial charge < -0.3 is 4.90 Å². The van der Waals surface area contributed by atoms with Gasteiger partial charge in [0, 0.05) is 13.6 Å². The molecule has 0 radical (unpaired) electrons. The van der Waals surface area contributed by atoms with Gasteiger partial charge in [-0.3, -0.25) is 5.43 Å². The molecule has 0 unspecified atom stereocenters. The summed E-state index contributed by atoms with van der Waals surface area (Å²) in [5, 5.41) is 0. The van der Waals surface area contributed by atoms with Gasteiger partial charge in [-0.2, -0.15) is 0 Å². The number of hydrazine groups is 1. The number of rotatable bonds is 3. The van der Waals surface area contributed by atoms with E-state index >= 15 is 0 Å². The molecule has 1 aliphatic rings. The van der Waals surface area contributed by atoms with Crippen molar-refractivity contribution in [2.75, 3.05) is 13.6 Å². The van der Waals surface area contributed by atoms with E-state index in [4.69, 9.17) is 10.8 Å². The number of nitrogens with two attached hydrogens (primary N) is 1. The highest BCUT2D eigenvalue weighted by Gasteiger charge is 2.14. The third-order valence-electron chi connectivity index (χ3n) is 3.01. The first-order valence-electron chi connectivity index (χ1n) is 6.39. The van der Waals surface area contributed by atoms with Crippen LogP contribution in [-0.2, 0) is 0 Å². The maximum absolute atomic E-state index is 5.54. The average molecular weight is 226 g/mol. The molecule has 4 nitrogen and oxygen atoms in total. The largest absolute Gasteiger partial charge is 0.345 e. The molecule has 1 saturated carbocycles. The molecule has 0 aromatic rings. The van der Waals surface area contributed by atoms with Crippen molar-refractivity contribution in [3.05, 3.63) is 0 Å². The summed E-state index contributed by atoms with van der Waals surface area (Å²) in [5.74, 6) is 7.00. The molecule has 1 aliphatic carbocycles. The van der Waals surface area contributed by atoms with Crippen LogP contribution >= 0.6 is 0 Å². The third-order valence-corrected chi connectivity index (χ3v) is 3.01. The van der Waals surface area contributed by atoms with E-state index in [9.17, 15) is 0 Å². The minimum atomic E-state index is 0.467. The zero-order valence-electron chi connectivity index (χ0n) is 10.9. The van der Waals surface area contributed by atoms with Gasteiger partial charge in [0.1, 0.15) is 0 Å². The Morgan fingerprint density at radius 3 is 2.50 bits per heavy atom. The Hall–Kier alpha value is -0.770. The fourth-order valence-electron chi connectivity index (χ4n) is 2.26. The van der Waals surface area contributed by atoms with E-state index in [0.717, 1.165) is 12.5 Å². The molecular weight excluding hydrogens is 200 g/mol. The first-order chi connectivity index (χ1) is 7.63. The zero-order chi connectivity index (χ0) is 12.0. The van der Waals surface area contributed by atoms with Crippen LogP contribution in [0.1, 0.15) is 46.0 Å². The second-order valence-electron chi connectivity index (χ2n) is 5.16. The summed E-state index contributed by atoms with van der Waals surface area (Å²) >= 11 is 0. The van der Waals surface area contributed by atoms with Crippen molar-refractivity contribution in [3.63, 3.8) is 0 Å². The Bertz CT molecular complexity index is 219. The highest BCUT2D eigenvalue weighted by molar-refractivity contribution is 5.79. The highest BCUT2D eigenvalue weighted by Crippen LogP contribution is 2.20. The molecule has 94 valence electrons. The SMILES string of the molecule is CC(C)CN(C)C(=NC1CCCCC1)NN. The fourth-order valence-corrected chi connectivity index (χ4v) is 2.26. The molecule has 0 saturated heterocycles. The van der Waals surface area contributed by atoms with Crippen LogP contribution in [0.5, 0.6) is 0 Å². The molecule has 0 spiro atoms. The van der Waals surface area contributed by atoms with E-state index < -0.39 is 0 Å². The van der Waals surface area contributed by atoms with Crippen LogP contribution in [-0.4, -0.2) is 30.5 Å². The van der Waals surface area contributed by atoms with Crippen molar-refractivity contribution in [1.82, 2.24) is 10.3 Å².